The van der Waals surface area contributed by atoms with E-state index in [9.17, 15) is 9.18 Å². The number of carboxylic acids is 1. The monoisotopic (exact) mass is 217 g/mol. The van der Waals surface area contributed by atoms with Gasteiger partial charge in [0, 0.05) is 13.1 Å². The number of alkyl halides is 1. The first-order valence-electron chi connectivity index (χ1n) is 5.62. The number of nitrogens with zero attached hydrogens (tertiary/aromatic N) is 1. The van der Waals surface area contributed by atoms with Crippen molar-refractivity contribution in [2.75, 3.05) is 20.1 Å². The van der Waals surface area contributed by atoms with Gasteiger partial charge < -0.3 is 10.0 Å². The second kappa shape index (κ2) is 6.05. The van der Waals surface area contributed by atoms with E-state index < -0.39 is 12.1 Å². The van der Waals surface area contributed by atoms with Gasteiger partial charge in [-0.2, -0.15) is 0 Å². The van der Waals surface area contributed by atoms with E-state index in [0.717, 1.165) is 19.4 Å². The smallest absolute Gasteiger partial charge is 0.304 e. The first-order valence-corrected chi connectivity index (χ1v) is 5.62. The van der Waals surface area contributed by atoms with Crippen molar-refractivity contribution in [2.45, 2.75) is 38.3 Å². The van der Waals surface area contributed by atoms with Crippen LogP contribution in [0.3, 0.4) is 0 Å². The van der Waals surface area contributed by atoms with Crippen LogP contribution < -0.4 is 0 Å². The summed E-state index contributed by atoms with van der Waals surface area (Å²) in [5, 5.41) is 8.52. The van der Waals surface area contributed by atoms with Crippen molar-refractivity contribution in [3.63, 3.8) is 0 Å². The molecule has 1 aliphatic carbocycles. The summed E-state index contributed by atoms with van der Waals surface area (Å²) in [6, 6.07) is 0. The van der Waals surface area contributed by atoms with Gasteiger partial charge in [0.15, 0.2) is 0 Å². The van der Waals surface area contributed by atoms with E-state index in [2.05, 4.69) is 0 Å². The Morgan fingerprint density at radius 3 is 2.87 bits per heavy atom. The van der Waals surface area contributed by atoms with Crippen LogP contribution in [-0.4, -0.2) is 42.3 Å². The second-order valence-electron chi connectivity index (χ2n) is 4.54. The number of hydrogen-bond acceptors (Lipinski definition) is 2. The van der Waals surface area contributed by atoms with Crippen LogP contribution in [0.2, 0.25) is 0 Å². The minimum absolute atomic E-state index is 0.169. The van der Waals surface area contributed by atoms with Gasteiger partial charge in [0.2, 0.25) is 0 Å². The molecule has 0 aromatic rings. The Bertz CT molecular complexity index is 211. The van der Waals surface area contributed by atoms with Gasteiger partial charge in [0.1, 0.15) is 6.17 Å². The third kappa shape index (κ3) is 5.11. The van der Waals surface area contributed by atoms with Gasteiger partial charge in [-0.05, 0) is 32.2 Å². The lowest BCUT2D eigenvalue weighted by Gasteiger charge is -2.28. The molecule has 15 heavy (non-hydrogen) atoms. The van der Waals surface area contributed by atoms with Gasteiger partial charge in [-0.15, -0.1) is 0 Å². The van der Waals surface area contributed by atoms with Gasteiger partial charge in [0.25, 0.3) is 0 Å². The number of rotatable bonds is 5. The Labute approximate surface area is 90.3 Å². The van der Waals surface area contributed by atoms with Crippen LogP contribution in [0, 0.1) is 5.92 Å². The number of carbonyl (C=O) groups is 1. The lowest BCUT2D eigenvalue weighted by Crippen LogP contribution is -2.31. The SMILES string of the molecule is CN(CCC(=O)O)CC1CCCC(F)C1. The molecule has 0 aliphatic heterocycles. The second-order valence-corrected chi connectivity index (χ2v) is 4.54. The highest BCUT2D eigenvalue weighted by atomic mass is 19.1. The number of carboxylic acid groups (broad SMARTS) is 1. The third-order valence-corrected chi connectivity index (χ3v) is 3.00. The van der Waals surface area contributed by atoms with E-state index in [-0.39, 0.29) is 6.42 Å². The summed E-state index contributed by atoms with van der Waals surface area (Å²) in [5.74, 6) is -0.360. The standard InChI is InChI=1S/C11H20FNO2/c1-13(6-5-11(14)15)8-9-3-2-4-10(12)7-9/h9-10H,2-8H2,1H3,(H,14,15). The molecule has 1 rings (SSSR count). The van der Waals surface area contributed by atoms with Crippen molar-refractivity contribution < 1.29 is 14.3 Å². The zero-order valence-corrected chi connectivity index (χ0v) is 9.29. The van der Waals surface area contributed by atoms with E-state index in [1.165, 1.54) is 0 Å². The van der Waals surface area contributed by atoms with Gasteiger partial charge in [0.05, 0.1) is 6.42 Å². The van der Waals surface area contributed by atoms with Crippen molar-refractivity contribution in [1.29, 1.82) is 0 Å². The fraction of sp³-hybridized carbons (Fsp3) is 0.909. The number of halogens is 1. The molecule has 0 aromatic heterocycles. The summed E-state index contributed by atoms with van der Waals surface area (Å²) in [5.41, 5.74) is 0. The molecular weight excluding hydrogens is 197 g/mol. The normalized spacial score (nSPS) is 26.9. The molecule has 0 radical (unpaired) electrons. The summed E-state index contributed by atoms with van der Waals surface area (Å²) in [7, 11) is 1.91. The molecule has 88 valence electrons. The predicted octanol–water partition coefficient (Wildman–Crippen LogP) is 1.92. The molecule has 4 heteroatoms. The quantitative estimate of drug-likeness (QED) is 0.765. The fourth-order valence-electron chi connectivity index (χ4n) is 2.21. The van der Waals surface area contributed by atoms with Crippen LogP contribution in [-0.2, 0) is 4.79 Å². The number of hydrogen-bond donors (Lipinski definition) is 1. The van der Waals surface area contributed by atoms with Crippen molar-refractivity contribution in [3.05, 3.63) is 0 Å². The Balaban J connectivity index is 2.18. The average Bonchev–Trinajstić information content (AvgIpc) is 2.15. The topological polar surface area (TPSA) is 40.5 Å². The van der Waals surface area contributed by atoms with Crippen molar-refractivity contribution in [2.24, 2.45) is 5.92 Å². The third-order valence-electron chi connectivity index (χ3n) is 3.00. The summed E-state index contributed by atoms with van der Waals surface area (Å²) >= 11 is 0. The molecule has 3 nitrogen and oxygen atoms in total. The summed E-state index contributed by atoms with van der Waals surface area (Å²) in [6.07, 6.45) is 2.93. The predicted molar refractivity (Wildman–Crippen MR) is 56.6 cm³/mol. The zero-order valence-electron chi connectivity index (χ0n) is 9.29. The first-order chi connectivity index (χ1) is 7.08. The molecule has 0 bridgehead atoms. The average molecular weight is 217 g/mol. The largest absolute Gasteiger partial charge is 0.481 e. The highest BCUT2D eigenvalue weighted by Crippen LogP contribution is 2.26. The van der Waals surface area contributed by atoms with Crippen LogP contribution in [0.25, 0.3) is 0 Å². The summed E-state index contributed by atoms with van der Waals surface area (Å²) in [4.78, 5) is 12.4. The zero-order chi connectivity index (χ0) is 11.3. The summed E-state index contributed by atoms with van der Waals surface area (Å²) < 4.78 is 13.1. The van der Waals surface area contributed by atoms with Crippen molar-refractivity contribution >= 4 is 5.97 Å². The highest BCUT2D eigenvalue weighted by molar-refractivity contribution is 5.66. The molecule has 1 N–H and O–H groups in total. The van der Waals surface area contributed by atoms with E-state index in [1.807, 2.05) is 11.9 Å². The van der Waals surface area contributed by atoms with Gasteiger partial charge in [-0.1, -0.05) is 6.42 Å². The highest BCUT2D eigenvalue weighted by Gasteiger charge is 2.22. The Kier molecular flexibility index (Phi) is 5.02. The van der Waals surface area contributed by atoms with E-state index in [1.54, 1.807) is 0 Å². The van der Waals surface area contributed by atoms with E-state index in [4.69, 9.17) is 5.11 Å². The van der Waals surface area contributed by atoms with Crippen molar-refractivity contribution in [1.82, 2.24) is 4.90 Å². The first kappa shape index (κ1) is 12.4. The molecule has 1 fully saturated rings. The van der Waals surface area contributed by atoms with Crippen LogP contribution in [0.4, 0.5) is 4.39 Å². The molecule has 0 spiro atoms. The molecule has 0 aromatic carbocycles. The molecular formula is C11H20FNO2. The van der Waals surface area contributed by atoms with Crippen molar-refractivity contribution in [3.8, 4) is 0 Å². The van der Waals surface area contributed by atoms with Gasteiger partial charge in [-0.25, -0.2) is 4.39 Å². The maximum Gasteiger partial charge on any atom is 0.304 e. The minimum atomic E-state index is -0.770. The maximum absolute atomic E-state index is 13.1. The molecule has 2 unspecified atom stereocenters. The Morgan fingerprint density at radius 1 is 1.53 bits per heavy atom. The van der Waals surface area contributed by atoms with E-state index in [0.29, 0.717) is 25.3 Å². The Hall–Kier alpha value is -0.640. The molecule has 1 saturated carbocycles. The van der Waals surface area contributed by atoms with Crippen LogP contribution >= 0.6 is 0 Å². The maximum atomic E-state index is 13.1. The minimum Gasteiger partial charge on any atom is -0.481 e. The molecule has 0 saturated heterocycles. The molecule has 0 amide bonds. The molecule has 1 aliphatic rings. The van der Waals surface area contributed by atoms with Gasteiger partial charge in [-0.3, -0.25) is 4.79 Å². The lowest BCUT2D eigenvalue weighted by atomic mass is 9.88. The van der Waals surface area contributed by atoms with E-state index >= 15 is 0 Å². The Morgan fingerprint density at radius 2 is 2.27 bits per heavy atom. The lowest BCUT2D eigenvalue weighted by molar-refractivity contribution is -0.137. The fourth-order valence-corrected chi connectivity index (χ4v) is 2.21. The molecule has 2 atom stereocenters. The summed E-state index contributed by atoms with van der Waals surface area (Å²) in [6.45, 7) is 1.39. The molecule has 0 heterocycles. The van der Waals surface area contributed by atoms with Crippen LogP contribution in [0.1, 0.15) is 32.1 Å². The number of aliphatic carboxylic acids is 1. The van der Waals surface area contributed by atoms with Gasteiger partial charge >= 0.3 is 5.97 Å². The van der Waals surface area contributed by atoms with Crippen LogP contribution in [0.15, 0.2) is 0 Å². The van der Waals surface area contributed by atoms with Crippen LogP contribution in [0.5, 0.6) is 0 Å².